The fraction of sp³-hybridized carbons (Fsp3) is 0.462. The van der Waals surface area contributed by atoms with Crippen LogP contribution in [-0.4, -0.2) is 25.5 Å². The summed E-state index contributed by atoms with van der Waals surface area (Å²) in [6.07, 6.45) is 0.971. The second kappa shape index (κ2) is 5.71. The number of nitrogens with zero attached hydrogens (tertiary/aromatic N) is 1. The molecule has 1 saturated heterocycles. The highest BCUT2D eigenvalue weighted by atomic mass is 79.9. The molecular formula is C13H18BrN3O. The molecule has 0 radical (unpaired) electrons. The number of hydrogen-bond acceptors (Lipinski definition) is 3. The highest BCUT2D eigenvalue weighted by molar-refractivity contribution is 9.10. The Morgan fingerprint density at radius 1 is 1.50 bits per heavy atom. The van der Waals surface area contributed by atoms with Crippen LogP contribution in [-0.2, 0) is 4.79 Å². The third-order valence-electron chi connectivity index (χ3n) is 3.10. The quantitative estimate of drug-likeness (QED) is 0.875. The van der Waals surface area contributed by atoms with Gasteiger partial charge in [-0.1, -0.05) is 22.0 Å². The normalized spacial score (nSPS) is 18.2. The number of carbonyl (C=O) groups is 1. The molecule has 3 N–H and O–H groups in total. The Balaban J connectivity index is 2.22. The SMILES string of the molecule is C[C@H](N)c1ccc(N2CCCNC(=O)C2)cc1Br. The fourth-order valence-electron chi connectivity index (χ4n) is 2.11. The minimum atomic E-state index is 0.000794. The van der Waals surface area contributed by atoms with E-state index in [1.165, 1.54) is 0 Å². The highest BCUT2D eigenvalue weighted by Crippen LogP contribution is 2.27. The van der Waals surface area contributed by atoms with Crippen molar-refractivity contribution in [3.05, 3.63) is 28.2 Å². The third kappa shape index (κ3) is 3.03. The minimum absolute atomic E-state index is 0.000794. The molecule has 1 aromatic rings. The van der Waals surface area contributed by atoms with Gasteiger partial charge in [-0.3, -0.25) is 4.79 Å². The molecule has 0 spiro atoms. The monoisotopic (exact) mass is 311 g/mol. The van der Waals surface area contributed by atoms with Crippen LogP contribution in [0.3, 0.4) is 0 Å². The summed E-state index contributed by atoms with van der Waals surface area (Å²) in [5.74, 6) is 0.0832. The molecule has 0 aliphatic carbocycles. The molecule has 0 unspecified atom stereocenters. The van der Waals surface area contributed by atoms with Crippen molar-refractivity contribution in [2.45, 2.75) is 19.4 Å². The van der Waals surface area contributed by atoms with Crippen LogP contribution in [0.1, 0.15) is 24.9 Å². The van der Waals surface area contributed by atoms with E-state index >= 15 is 0 Å². The van der Waals surface area contributed by atoms with Crippen LogP contribution in [0.4, 0.5) is 5.69 Å². The van der Waals surface area contributed by atoms with E-state index in [0.29, 0.717) is 6.54 Å². The van der Waals surface area contributed by atoms with E-state index in [1.54, 1.807) is 0 Å². The Bertz CT molecular complexity index is 448. The number of rotatable bonds is 2. The van der Waals surface area contributed by atoms with Gasteiger partial charge in [-0.25, -0.2) is 0 Å². The Morgan fingerprint density at radius 3 is 2.94 bits per heavy atom. The molecule has 98 valence electrons. The van der Waals surface area contributed by atoms with Gasteiger partial charge in [-0.05, 0) is 31.0 Å². The first-order valence-corrected chi connectivity index (χ1v) is 6.94. The summed E-state index contributed by atoms with van der Waals surface area (Å²) in [5, 5.41) is 2.88. The summed E-state index contributed by atoms with van der Waals surface area (Å²) < 4.78 is 1.000. The Morgan fingerprint density at radius 2 is 2.28 bits per heavy atom. The molecule has 1 atom stereocenters. The fourth-order valence-corrected chi connectivity index (χ4v) is 2.84. The number of amides is 1. The maximum absolute atomic E-state index is 11.5. The van der Waals surface area contributed by atoms with Crippen molar-refractivity contribution in [2.24, 2.45) is 5.73 Å². The second-order valence-electron chi connectivity index (χ2n) is 4.62. The van der Waals surface area contributed by atoms with Gasteiger partial charge in [-0.2, -0.15) is 0 Å². The largest absolute Gasteiger partial charge is 0.362 e. The molecule has 1 fully saturated rings. The number of halogens is 1. The second-order valence-corrected chi connectivity index (χ2v) is 5.47. The molecule has 5 heteroatoms. The predicted molar refractivity (Wildman–Crippen MR) is 76.6 cm³/mol. The predicted octanol–water partition coefficient (Wildman–Crippen LogP) is 1.80. The van der Waals surface area contributed by atoms with E-state index in [2.05, 4.69) is 26.1 Å². The summed E-state index contributed by atoms with van der Waals surface area (Å²) in [6.45, 7) is 4.03. The zero-order valence-electron chi connectivity index (χ0n) is 10.4. The highest BCUT2D eigenvalue weighted by Gasteiger charge is 2.16. The average Bonchev–Trinajstić information content (AvgIpc) is 2.53. The smallest absolute Gasteiger partial charge is 0.239 e. The van der Waals surface area contributed by atoms with Crippen LogP contribution in [0.25, 0.3) is 0 Å². The summed E-state index contributed by atoms with van der Waals surface area (Å²) in [6, 6.07) is 6.09. The first-order chi connectivity index (χ1) is 8.58. The molecule has 0 bridgehead atoms. The van der Waals surface area contributed by atoms with Crippen molar-refractivity contribution in [3.8, 4) is 0 Å². The van der Waals surface area contributed by atoms with Gasteiger partial charge < -0.3 is 16.0 Å². The first kappa shape index (κ1) is 13.4. The lowest BCUT2D eigenvalue weighted by molar-refractivity contribution is -0.119. The third-order valence-corrected chi connectivity index (χ3v) is 3.79. The summed E-state index contributed by atoms with van der Waals surface area (Å²) in [7, 11) is 0. The number of nitrogens with two attached hydrogens (primary N) is 1. The molecule has 1 aromatic carbocycles. The van der Waals surface area contributed by atoms with Crippen LogP contribution in [0, 0.1) is 0 Å². The van der Waals surface area contributed by atoms with Gasteiger partial charge in [0.1, 0.15) is 0 Å². The van der Waals surface area contributed by atoms with Crippen molar-refractivity contribution in [2.75, 3.05) is 24.5 Å². The lowest BCUT2D eigenvalue weighted by atomic mass is 10.1. The average molecular weight is 312 g/mol. The molecule has 4 nitrogen and oxygen atoms in total. The number of hydrogen-bond donors (Lipinski definition) is 2. The van der Waals surface area contributed by atoms with Crippen molar-refractivity contribution in [1.82, 2.24) is 5.32 Å². The van der Waals surface area contributed by atoms with E-state index in [0.717, 1.165) is 35.2 Å². The maximum atomic E-state index is 11.5. The van der Waals surface area contributed by atoms with Crippen molar-refractivity contribution in [3.63, 3.8) is 0 Å². The van der Waals surface area contributed by atoms with Gasteiger partial charge in [-0.15, -0.1) is 0 Å². The van der Waals surface area contributed by atoms with Crippen molar-refractivity contribution >= 4 is 27.5 Å². The van der Waals surface area contributed by atoms with Crippen LogP contribution < -0.4 is 16.0 Å². The van der Waals surface area contributed by atoms with E-state index in [4.69, 9.17) is 5.73 Å². The first-order valence-electron chi connectivity index (χ1n) is 6.14. The number of benzene rings is 1. The molecule has 18 heavy (non-hydrogen) atoms. The lowest BCUT2D eigenvalue weighted by Gasteiger charge is -2.22. The lowest BCUT2D eigenvalue weighted by Crippen LogP contribution is -2.33. The van der Waals surface area contributed by atoms with Crippen molar-refractivity contribution in [1.29, 1.82) is 0 Å². The van der Waals surface area contributed by atoms with Crippen LogP contribution in [0.15, 0.2) is 22.7 Å². The van der Waals surface area contributed by atoms with Gasteiger partial charge in [0.2, 0.25) is 5.91 Å². The van der Waals surface area contributed by atoms with Gasteiger partial charge in [0.05, 0.1) is 6.54 Å². The summed E-state index contributed by atoms with van der Waals surface area (Å²) in [4.78, 5) is 13.6. The molecule has 1 heterocycles. The molecular weight excluding hydrogens is 294 g/mol. The molecule has 1 aliphatic heterocycles. The Labute approximate surface area is 116 Å². The summed E-state index contributed by atoms with van der Waals surface area (Å²) >= 11 is 3.54. The molecule has 2 rings (SSSR count). The van der Waals surface area contributed by atoms with E-state index in [-0.39, 0.29) is 11.9 Å². The molecule has 1 aliphatic rings. The molecule has 0 aromatic heterocycles. The number of nitrogens with one attached hydrogen (secondary N) is 1. The standard InChI is InChI=1S/C13H18BrN3O/c1-9(15)11-4-3-10(7-12(11)14)17-6-2-5-16-13(18)8-17/h3-4,7,9H,2,5-6,8,15H2,1H3,(H,16,18)/t9-/m0/s1. The molecule has 0 saturated carbocycles. The van der Waals surface area contributed by atoms with E-state index < -0.39 is 0 Å². The van der Waals surface area contributed by atoms with Crippen LogP contribution >= 0.6 is 15.9 Å². The van der Waals surface area contributed by atoms with Gasteiger partial charge >= 0.3 is 0 Å². The topological polar surface area (TPSA) is 58.4 Å². The van der Waals surface area contributed by atoms with E-state index in [9.17, 15) is 4.79 Å². The zero-order chi connectivity index (χ0) is 13.1. The maximum Gasteiger partial charge on any atom is 0.239 e. The van der Waals surface area contributed by atoms with E-state index in [1.807, 2.05) is 25.1 Å². The summed E-state index contributed by atoms with van der Waals surface area (Å²) in [5.41, 5.74) is 8.02. The van der Waals surface area contributed by atoms with Gasteiger partial charge in [0.15, 0.2) is 0 Å². The number of anilines is 1. The van der Waals surface area contributed by atoms with Crippen molar-refractivity contribution < 1.29 is 4.79 Å². The Kier molecular flexibility index (Phi) is 4.24. The minimum Gasteiger partial charge on any atom is -0.362 e. The van der Waals surface area contributed by atoms with Gasteiger partial charge in [0.25, 0.3) is 0 Å². The molecule has 1 amide bonds. The van der Waals surface area contributed by atoms with Gasteiger partial charge in [0, 0.05) is 29.3 Å². The zero-order valence-corrected chi connectivity index (χ0v) is 12.0. The van der Waals surface area contributed by atoms with Crippen LogP contribution in [0.5, 0.6) is 0 Å². The Hall–Kier alpha value is -1.07. The number of carbonyl (C=O) groups excluding carboxylic acids is 1. The van der Waals surface area contributed by atoms with Crippen LogP contribution in [0.2, 0.25) is 0 Å².